The van der Waals surface area contributed by atoms with E-state index in [-0.39, 0.29) is 11.4 Å². The number of benzene rings is 1. The first-order valence-electron chi connectivity index (χ1n) is 6.17. The molecular weight excluding hydrogens is 318 g/mol. The van der Waals surface area contributed by atoms with Gasteiger partial charge in [-0.15, -0.1) is 0 Å². The molecule has 2 rings (SSSR count). The van der Waals surface area contributed by atoms with Gasteiger partial charge in [0.2, 0.25) is 0 Å². The molecule has 1 N–H and O–H groups in total. The smallest absolute Gasteiger partial charge is 0.324 e. The number of rotatable bonds is 4. The zero-order valence-corrected chi connectivity index (χ0v) is 11.8. The van der Waals surface area contributed by atoms with Gasteiger partial charge in [-0.2, -0.15) is 0 Å². The van der Waals surface area contributed by atoms with Gasteiger partial charge in [0.1, 0.15) is 6.10 Å². The van der Waals surface area contributed by atoms with Crippen LogP contribution in [0, 0.1) is 16.0 Å². The van der Waals surface area contributed by atoms with Crippen molar-refractivity contribution in [3.05, 3.63) is 38.9 Å². The van der Waals surface area contributed by atoms with E-state index in [1.54, 1.807) is 0 Å². The van der Waals surface area contributed by atoms with Crippen LogP contribution in [0.5, 0.6) is 0 Å². The molecule has 9 heteroatoms. The second-order valence-electron chi connectivity index (χ2n) is 4.63. The Hall–Kier alpha value is -2.32. The van der Waals surface area contributed by atoms with Gasteiger partial charge in [-0.3, -0.25) is 24.5 Å². The number of ketones is 2. The van der Waals surface area contributed by atoms with Gasteiger partial charge in [-0.05, 0) is 12.1 Å². The number of nitro groups is 1. The lowest BCUT2D eigenvalue weighted by Gasteiger charge is -2.24. The Morgan fingerprint density at radius 1 is 1.45 bits per heavy atom. The Bertz CT molecular complexity index is 654. The third-order valence-electron chi connectivity index (χ3n) is 3.16. The Balaban J connectivity index is 2.38. The average Bonchev–Trinajstić information content (AvgIpc) is 2.45. The summed E-state index contributed by atoms with van der Waals surface area (Å²) in [5, 5.41) is 19.9. The molecule has 1 aromatic rings. The predicted octanol–water partition coefficient (Wildman–Crippen LogP) is 0.924. The number of hydrogen-bond acceptors (Lipinski definition) is 7. The van der Waals surface area contributed by atoms with Crippen molar-refractivity contribution >= 4 is 34.8 Å². The van der Waals surface area contributed by atoms with Crippen LogP contribution in [0.4, 0.5) is 5.69 Å². The van der Waals surface area contributed by atoms with Crippen molar-refractivity contribution in [1.29, 1.82) is 0 Å². The fraction of sp³-hybridized carbons (Fsp3) is 0.308. The van der Waals surface area contributed by atoms with Crippen molar-refractivity contribution in [2.75, 3.05) is 6.61 Å². The number of aliphatic hydroxyl groups is 1. The number of nitro benzene ring substituents is 1. The van der Waals surface area contributed by atoms with Gasteiger partial charge in [0.25, 0.3) is 5.69 Å². The highest BCUT2D eigenvalue weighted by Crippen LogP contribution is 2.28. The van der Waals surface area contributed by atoms with E-state index in [2.05, 4.69) is 0 Å². The standard InChI is InChI=1S/C13H10ClNO7/c14-6-1-2-8(9(3-6)15(20)21)12(18)11-10(17)4-7(5-16)22-13(11)19/h1-3,7,11,16H,4-5H2. The Morgan fingerprint density at radius 3 is 2.68 bits per heavy atom. The predicted molar refractivity (Wildman–Crippen MR) is 72.5 cm³/mol. The van der Waals surface area contributed by atoms with Crippen LogP contribution in [0.15, 0.2) is 18.2 Å². The molecule has 1 aliphatic rings. The maximum atomic E-state index is 12.3. The molecule has 0 aromatic heterocycles. The zero-order valence-electron chi connectivity index (χ0n) is 11.0. The number of carbonyl (C=O) groups is 3. The number of esters is 1. The first-order chi connectivity index (χ1) is 10.3. The molecule has 1 aromatic carbocycles. The van der Waals surface area contributed by atoms with Crippen LogP contribution in [0.25, 0.3) is 0 Å². The van der Waals surface area contributed by atoms with Crippen molar-refractivity contribution in [3.8, 4) is 0 Å². The summed E-state index contributed by atoms with van der Waals surface area (Å²) in [5.74, 6) is -4.65. The van der Waals surface area contributed by atoms with E-state index >= 15 is 0 Å². The highest BCUT2D eigenvalue weighted by Gasteiger charge is 2.43. The number of carbonyl (C=O) groups excluding carboxylic acids is 3. The minimum Gasteiger partial charge on any atom is -0.459 e. The summed E-state index contributed by atoms with van der Waals surface area (Å²) in [7, 11) is 0. The zero-order chi connectivity index (χ0) is 16.4. The second-order valence-corrected chi connectivity index (χ2v) is 5.06. The Morgan fingerprint density at radius 2 is 2.14 bits per heavy atom. The van der Waals surface area contributed by atoms with Crippen molar-refractivity contribution in [3.63, 3.8) is 0 Å². The molecule has 0 aliphatic carbocycles. The number of nitrogens with zero attached hydrogens (tertiary/aromatic N) is 1. The van der Waals surface area contributed by atoms with Crippen LogP contribution >= 0.6 is 11.6 Å². The fourth-order valence-corrected chi connectivity index (χ4v) is 2.29. The highest BCUT2D eigenvalue weighted by atomic mass is 35.5. The molecule has 0 radical (unpaired) electrons. The van der Waals surface area contributed by atoms with Gasteiger partial charge >= 0.3 is 5.97 Å². The Kier molecular flexibility index (Phi) is 4.53. The summed E-state index contributed by atoms with van der Waals surface area (Å²) >= 11 is 5.64. The van der Waals surface area contributed by atoms with Crippen LogP contribution in [0.2, 0.25) is 5.02 Å². The largest absolute Gasteiger partial charge is 0.459 e. The van der Waals surface area contributed by atoms with Gasteiger partial charge in [0, 0.05) is 17.5 Å². The summed E-state index contributed by atoms with van der Waals surface area (Å²) in [5.41, 5.74) is -0.991. The normalized spacial score (nSPS) is 21.4. The maximum Gasteiger partial charge on any atom is 0.324 e. The van der Waals surface area contributed by atoms with Crippen LogP contribution in [-0.4, -0.2) is 40.3 Å². The summed E-state index contributed by atoms with van der Waals surface area (Å²) in [6, 6.07) is 3.29. The van der Waals surface area contributed by atoms with Crippen molar-refractivity contribution in [1.82, 2.24) is 0 Å². The number of ether oxygens (including phenoxy) is 1. The molecule has 116 valence electrons. The number of aliphatic hydroxyl groups excluding tert-OH is 1. The van der Waals surface area contributed by atoms with Crippen molar-refractivity contribution in [2.45, 2.75) is 12.5 Å². The number of halogens is 1. The van der Waals surface area contributed by atoms with Crippen molar-refractivity contribution < 1.29 is 29.2 Å². The van der Waals surface area contributed by atoms with Crippen LogP contribution in [-0.2, 0) is 14.3 Å². The first kappa shape index (κ1) is 16.1. The van der Waals surface area contributed by atoms with Crippen LogP contribution in [0.3, 0.4) is 0 Å². The van der Waals surface area contributed by atoms with E-state index in [0.29, 0.717) is 0 Å². The van der Waals surface area contributed by atoms with E-state index in [4.69, 9.17) is 21.4 Å². The van der Waals surface area contributed by atoms with Crippen LogP contribution < -0.4 is 0 Å². The molecule has 2 atom stereocenters. The molecule has 1 heterocycles. The molecule has 0 saturated carbocycles. The molecule has 0 spiro atoms. The van der Waals surface area contributed by atoms with E-state index in [1.165, 1.54) is 6.07 Å². The van der Waals surface area contributed by atoms with Gasteiger partial charge in [-0.25, -0.2) is 0 Å². The summed E-state index contributed by atoms with van der Waals surface area (Å²) in [4.78, 5) is 46.2. The van der Waals surface area contributed by atoms with Gasteiger partial charge in [0.15, 0.2) is 17.5 Å². The molecule has 2 unspecified atom stereocenters. The lowest BCUT2D eigenvalue weighted by Crippen LogP contribution is -2.43. The molecule has 0 amide bonds. The summed E-state index contributed by atoms with van der Waals surface area (Å²) < 4.78 is 4.76. The van der Waals surface area contributed by atoms with E-state index in [0.717, 1.165) is 12.1 Å². The first-order valence-corrected chi connectivity index (χ1v) is 6.55. The average molecular weight is 328 g/mol. The lowest BCUT2D eigenvalue weighted by molar-refractivity contribution is -0.385. The van der Waals surface area contributed by atoms with E-state index in [9.17, 15) is 24.5 Å². The maximum absolute atomic E-state index is 12.3. The number of Topliss-reactive ketones (excluding diaryl/α,β-unsaturated/α-hetero) is 2. The van der Waals surface area contributed by atoms with E-state index in [1.807, 2.05) is 0 Å². The lowest BCUT2D eigenvalue weighted by atomic mass is 9.88. The topological polar surface area (TPSA) is 124 Å². The third-order valence-corrected chi connectivity index (χ3v) is 3.39. The highest BCUT2D eigenvalue weighted by molar-refractivity contribution is 6.31. The number of hydrogen-bond donors (Lipinski definition) is 1. The fourth-order valence-electron chi connectivity index (χ4n) is 2.12. The minimum absolute atomic E-state index is 0.0427. The molecule has 22 heavy (non-hydrogen) atoms. The molecule has 1 aliphatic heterocycles. The van der Waals surface area contributed by atoms with E-state index < -0.39 is 52.3 Å². The summed E-state index contributed by atoms with van der Waals surface area (Å²) in [6.45, 7) is -0.542. The minimum atomic E-state index is -1.76. The number of cyclic esters (lactones) is 1. The van der Waals surface area contributed by atoms with Gasteiger partial charge in [0.05, 0.1) is 17.1 Å². The van der Waals surface area contributed by atoms with Crippen molar-refractivity contribution in [2.24, 2.45) is 5.92 Å². The molecule has 1 saturated heterocycles. The molecular formula is C13H10ClNO7. The quantitative estimate of drug-likeness (QED) is 0.287. The van der Waals surface area contributed by atoms with Gasteiger partial charge < -0.3 is 9.84 Å². The molecule has 1 fully saturated rings. The monoisotopic (exact) mass is 327 g/mol. The Labute approximate surface area is 128 Å². The third kappa shape index (κ3) is 2.97. The second kappa shape index (κ2) is 6.20. The SMILES string of the molecule is O=C1CC(CO)OC(=O)C1C(=O)c1ccc(Cl)cc1[N+](=O)[O-]. The van der Waals surface area contributed by atoms with Gasteiger partial charge in [-0.1, -0.05) is 11.6 Å². The van der Waals surface area contributed by atoms with Crippen LogP contribution in [0.1, 0.15) is 16.8 Å². The summed E-state index contributed by atoms with van der Waals surface area (Å²) in [6.07, 6.45) is -1.32. The molecule has 8 nitrogen and oxygen atoms in total. The molecule has 0 bridgehead atoms.